The molecule has 1 rings (SSSR count). The average Bonchev–Trinajstić information content (AvgIpc) is 2.67. The van der Waals surface area contributed by atoms with Gasteiger partial charge >= 0.3 is 0 Å². The fourth-order valence-corrected chi connectivity index (χ4v) is 2.91. The van der Waals surface area contributed by atoms with E-state index in [1.165, 1.54) is 57.3 Å². The van der Waals surface area contributed by atoms with Gasteiger partial charge in [0.2, 0.25) is 0 Å². The molecule has 150 valence electrons. The Morgan fingerprint density at radius 1 is 0.885 bits per heavy atom. The van der Waals surface area contributed by atoms with Crippen molar-refractivity contribution in [3.05, 3.63) is 23.8 Å². The fourth-order valence-electron chi connectivity index (χ4n) is 2.91. The molecule has 0 aromatic heterocycles. The Balaban J connectivity index is 2.33. The summed E-state index contributed by atoms with van der Waals surface area (Å²) in [7, 11) is 1.70. The number of hydrogen-bond acceptors (Lipinski definition) is 4. The second-order valence-electron chi connectivity index (χ2n) is 6.91. The summed E-state index contributed by atoms with van der Waals surface area (Å²) in [6.07, 6.45) is 7.37. The first kappa shape index (κ1) is 22.8. The lowest BCUT2D eigenvalue weighted by Crippen LogP contribution is -2.29. The van der Waals surface area contributed by atoms with E-state index in [1.54, 1.807) is 7.11 Å². The Morgan fingerprint density at radius 3 is 2.19 bits per heavy atom. The van der Waals surface area contributed by atoms with Gasteiger partial charge in [-0.3, -0.25) is 0 Å². The minimum absolute atomic E-state index is 0.723. The second-order valence-corrected chi connectivity index (χ2v) is 6.91. The molecule has 0 aliphatic rings. The molecule has 0 bridgehead atoms. The number of rotatable bonds is 16. The Kier molecular flexibility index (Phi) is 13.0. The average molecular weight is 365 g/mol. The van der Waals surface area contributed by atoms with Gasteiger partial charge in [-0.1, -0.05) is 39.7 Å². The third kappa shape index (κ3) is 9.44. The van der Waals surface area contributed by atoms with Crippen LogP contribution in [-0.4, -0.2) is 44.8 Å². The molecule has 0 saturated carbocycles. The molecule has 26 heavy (non-hydrogen) atoms. The predicted molar refractivity (Wildman–Crippen MR) is 111 cm³/mol. The van der Waals surface area contributed by atoms with Crippen molar-refractivity contribution < 1.29 is 9.47 Å². The van der Waals surface area contributed by atoms with Crippen LogP contribution in [-0.2, 0) is 6.54 Å². The maximum Gasteiger partial charge on any atom is 0.161 e. The van der Waals surface area contributed by atoms with Gasteiger partial charge in [-0.25, -0.2) is 0 Å². The quantitative estimate of drug-likeness (QED) is 0.425. The van der Waals surface area contributed by atoms with Crippen LogP contribution in [0.25, 0.3) is 0 Å². The van der Waals surface area contributed by atoms with Gasteiger partial charge in [0.05, 0.1) is 13.7 Å². The van der Waals surface area contributed by atoms with Crippen molar-refractivity contribution in [3.63, 3.8) is 0 Å². The van der Waals surface area contributed by atoms with Crippen LogP contribution in [0.4, 0.5) is 0 Å². The summed E-state index contributed by atoms with van der Waals surface area (Å²) in [6, 6.07) is 6.21. The maximum absolute atomic E-state index is 5.71. The summed E-state index contributed by atoms with van der Waals surface area (Å²) >= 11 is 0. The molecule has 0 spiro atoms. The number of unbranched alkanes of at least 4 members (excludes halogenated alkanes) is 2. The highest BCUT2D eigenvalue weighted by Crippen LogP contribution is 2.28. The van der Waals surface area contributed by atoms with Crippen LogP contribution < -0.4 is 14.8 Å². The summed E-state index contributed by atoms with van der Waals surface area (Å²) in [6.45, 7) is 13.0. The molecule has 4 heteroatoms. The van der Waals surface area contributed by atoms with Gasteiger partial charge in [-0.05, 0) is 69.6 Å². The van der Waals surface area contributed by atoms with E-state index in [2.05, 4.69) is 43.1 Å². The van der Waals surface area contributed by atoms with Crippen LogP contribution in [0, 0.1) is 0 Å². The van der Waals surface area contributed by atoms with E-state index >= 15 is 0 Å². The van der Waals surface area contributed by atoms with Crippen LogP contribution >= 0.6 is 0 Å². The number of methoxy groups -OCH3 is 1. The molecule has 0 atom stereocenters. The van der Waals surface area contributed by atoms with Gasteiger partial charge in [0.15, 0.2) is 11.5 Å². The van der Waals surface area contributed by atoms with Crippen molar-refractivity contribution in [2.45, 2.75) is 65.8 Å². The first-order chi connectivity index (χ1) is 12.7. The molecule has 0 radical (unpaired) electrons. The third-order valence-electron chi connectivity index (χ3n) is 4.50. The van der Waals surface area contributed by atoms with Crippen molar-refractivity contribution in [1.82, 2.24) is 10.2 Å². The minimum Gasteiger partial charge on any atom is -0.493 e. The molecular weight excluding hydrogens is 324 g/mol. The van der Waals surface area contributed by atoms with E-state index in [0.29, 0.717) is 0 Å². The topological polar surface area (TPSA) is 33.7 Å². The Labute approximate surface area is 161 Å². The summed E-state index contributed by atoms with van der Waals surface area (Å²) in [5.74, 6) is 1.66. The molecule has 1 N–H and O–H groups in total. The van der Waals surface area contributed by atoms with Crippen LogP contribution in [0.2, 0.25) is 0 Å². The number of ether oxygens (including phenoxy) is 2. The highest BCUT2D eigenvalue weighted by atomic mass is 16.5. The van der Waals surface area contributed by atoms with Crippen molar-refractivity contribution in [2.24, 2.45) is 0 Å². The van der Waals surface area contributed by atoms with E-state index < -0.39 is 0 Å². The van der Waals surface area contributed by atoms with Crippen molar-refractivity contribution >= 4 is 0 Å². The monoisotopic (exact) mass is 364 g/mol. The predicted octanol–water partition coefficient (Wildman–Crippen LogP) is 4.87. The molecule has 0 saturated heterocycles. The normalized spacial score (nSPS) is 11.1. The van der Waals surface area contributed by atoms with Crippen molar-refractivity contribution in [2.75, 3.05) is 39.9 Å². The maximum atomic E-state index is 5.71. The summed E-state index contributed by atoms with van der Waals surface area (Å²) < 4.78 is 11.2. The number of benzene rings is 1. The lowest BCUT2D eigenvalue weighted by molar-refractivity contribution is 0.261. The van der Waals surface area contributed by atoms with E-state index in [0.717, 1.165) is 37.6 Å². The van der Waals surface area contributed by atoms with Gasteiger partial charge in [0.25, 0.3) is 0 Å². The molecule has 0 aliphatic carbocycles. The standard InChI is InChI=1S/C22H40N2O2/c1-5-8-14-24(15-9-6-2)16-10-13-23-19-20-11-12-21(26-17-7-3)22(18-20)25-4/h11-12,18,23H,5-10,13-17,19H2,1-4H3. The molecule has 0 fully saturated rings. The SMILES string of the molecule is CCCCN(CCCC)CCCNCc1ccc(OCCC)c(OC)c1. The Morgan fingerprint density at radius 2 is 1.58 bits per heavy atom. The molecule has 4 nitrogen and oxygen atoms in total. The molecule has 1 aromatic carbocycles. The van der Waals surface area contributed by atoms with Crippen LogP contribution in [0.15, 0.2) is 18.2 Å². The first-order valence-corrected chi connectivity index (χ1v) is 10.5. The lowest BCUT2D eigenvalue weighted by atomic mass is 10.2. The zero-order valence-electron chi connectivity index (χ0n) is 17.5. The van der Waals surface area contributed by atoms with Crippen molar-refractivity contribution in [3.8, 4) is 11.5 Å². The van der Waals surface area contributed by atoms with Crippen LogP contribution in [0.1, 0.15) is 64.9 Å². The summed E-state index contributed by atoms with van der Waals surface area (Å²) in [5, 5.41) is 3.56. The summed E-state index contributed by atoms with van der Waals surface area (Å²) in [5.41, 5.74) is 1.24. The minimum atomic E-state index is 0.723. The zero-order valence-corrected chi connectivity index (χ0v) is 17.5. The van der Waals surface area contributed by atoms with Crippen LogP contribution in [0.5, 0.6) is 11.5 Å². The second kappa shape index (κ2) is 14.9. The molecule has 0 heterocycles. The van der Waals surface area contributed by atoms with Crippen LogP contribution in [0.3, 0.4) is 0 Å². The fraction of sp³-hybridized carbons (Fsp3) is 0.727. The van der Waals surface area contributed by atoms with Gasteiger partial charge in [-0.2, -0.15) is 0 Å². The lowest BCUT2D eigenvalue weighted by Gasteiger charge is -2.22. The number of hydrogen-bond donors (Lipinski definition) is 1. The Hall–Kier alpha value is -1.26. The number of nitrogens with zero attached hydrogens (tertiary/aromatic N) is 1. The van der Waals surface area contributed by atoms with E-state index in [1.807, 2.05) is 6.07 Å². The Bertz CT molecular complexity index is 457. The smallest absolute Gasteiger partial charge is 0.161 e. The third-order valence-corrected chi connectivity index (χ3v) is 4.50. The van der Waals surface area contributed by atoms with E-state index in [9.17, 15) is 0 Å². The highest BCUT2D eigenvalue weighted by Gasteiger charge is 2.06. The van der Waals surface area contributed by atoms with E-state index in [-0.39, 0.29) is 0 Å². The molecule has 1 aromatic rings. The van der Waals surface area contributed by atoms with E-state index in [4.69, 9.17) is 9.47 Å². The van der Waals surface area contributed by atoms with Crippen molar-refractivity contribution in [1.29, 1.82) is 0 Å². The zero-order chi connectivity index (χ0) is 19.0. The first-order valence-electron chi connectivity index (χ1n) is 10.5. The number of nitrogens with one attached hydrogen (secondary N) is 1. The van der Waals surface area contributed by atoms with Gasteiger partial charge < -0.3 is 19.7 Å². The largest absolute Gasteiger partial charge is 0.493 e. The molecular formula is C22H40N2O2. The highest BCUT2D eigenvalue weighted by molar-refractivity contribution is 5.42. The molecule has 0 unspecified atom stereocenters. The van der Waals surface area contributed by atoms with Gasteiger partial charge in [0.1, 0.15) is 0 Å². The van der Waals surface area contributed by atoms with Gasteiger partial charge in [-0.15, -0.1) is 0 Å². The summed E-state index contributed by atoms with van der Waals surface area (Å²) in [4.78, 5) is 2.62. The molecule has 0 amide bonds. The molecule has 0 aliphatic heterocycles. The van der Waals surface area contributed by atoms with Gasteiger partial charge in [0, 0.05) is 6.54 Å².